The summed E-state index contributed by atoms with van der Waals surface area (Å²) in [5.74, 6) is -0.201. The van der Waals surface area contributed by atoms with Crippen molar-refractivity contribution >= 4 is 16.7 Å². The lowest BCUT2D eigenvalue weighted by Crippen LogP contribution is -2.03. The van der Waals surface area contributed by atoms with Crippen LogP contribution in [0.5, 0.6) is 5.75 Å². The summed E-state index contributed by atoms with van der Waals surface area (Å²) in [6.45, 7) is 6.25. The number of aromatic nitrogens is 3. The highest BCUT2D eigenvalue weighted by Gasteiger charge is 2.16. The van der Waals surface area contributed by atoms with Crippen LogP contribution in [0.25, 0.3) is 33.4 Å². The maximum atomic E-state index is 13.9. The number of anilines is 1. The second-order valence-corrected chi connectivity index (χ2v) is 7.44. The molecule has 0 saturated carbocycles. The molecule has 5 nitrogen and oxygen atoms in total. The van der Waals surface area contributed by atoms with Crippen LogP contribution in [0, 0.1) is 11.6 Å². The number of hydrogen-bond donors (Lipinski definition) is 1. The number of halogens is 2. The van der Waals surface area contributed by atoms with E-state index in [1.807, 2.05) is 25.1 Å². The Morgan fingerprint density at radius 2 is 1.88 bits per heavy atom. The molecule has 2 heterocycles. The lowest BCUT2D eigenvalue weighted by Gasteiger charge is -2.15. The summed E-state index contributed by atoms with van der Waals surface area (Å²) in [5.41, 5.74) is 3.55. The Morgan fingerprint density at radius 3 is 2.56 bits per heavy atom. The van der Waals surface area contributed by atoms with Crippen LogP contribution >= 0.6 is 0 Å². The fourth-order valence-electron chi connectivity index (χ4n) is 3.30. The number of rotatable bonds is 7. The molecule has 4 aromatic rings. The zero-order chi connectivity index (χ0) is 22.7. The maximum absolute atomic E-state index is 13.9. The molecule has 0 saturated heterocycles. The van der Waals surface area contributed by atoms with Gasteiger partial charge >= 0.3 is 0 Å². The Kier molecular flexibility index (Phi) is 6.07. The molecule has 0 atom stereocenters. The molecule has 0 amide bonds. The Hall–Kier alpha value is -3.87. The van der Waals surface area contributed by atoms with Crippen LogP contribution in [0.15, 0.2) is 67.0 Å². The zero-order valence-electron chi connectivity index (χ0n) is 17.8. The van der Waals surface area contributed by atoms with Crippen molar-refractivity contribution in [1.29, 1.82) is 0 Å². The largest absolute Gasteiger partial charge is 0.491 e. The quantitative estimate of drug-likeness (QED) is 0.362. The number of benzene rings is 2. The first-order valence-electron chi connectivity index (χ1n) is 10.1. The van der Waals surface area contributed by atoms with Gasteiger partial charge in [-0.25, -0.2) is 18.7 Å². The van der Waals surface area contributed by atoms with Crippen molar-refractivity contribution in [3.8, 4) is 28.3 Å². The van der Waals surface area contributed by atoms with E-state index in [1.54, 1.807) is 25.5 Å². The smallest absolute Gasteiger partial charge is 0.163 e. The number of fused-ring (bicyclic) bond motifs is 1. The predicted octanol–water partition coefficient (Wildman–Crippen LogP) is 6.02. The van der Waals surface area contributed by atoms with Crippen LogP contribution in [-0.2, 0) is 0 Å². The summed E-state index contributed by atoms with van der Waals surface area (Å²) in [5, 5.41) is 3.81. The highest BCUT2D eigenvalue weighted by atomic mass is 19.2. The second-order valence-electron chi connectivity index (χ2n) is 7.44. The van der Waals surface area contributed by atoms with Gasteiger partial charge < -0.3 is 10.1 Å². The molecule has 0 fully saturated rings. The molecule has 162 valence electrons. The second kappa shape index (κ2) is 9.09. The van der Waals surface area contributed by atoms with Crippen molar-refractivity contribution < 1.29 is 13.5 Å². The molecule has 7 heteroatoms. The molecule has 0 aliphatic rings. The van der Waals surface area contributed by atoms with Gasteiger partial charge in [0.05, 0.1) is 6.61 Å². The lowest BCUT2D eigenvalue weighted by atomic mass is 10.0. The van der Waals surface area contributed by atoms with Crippen LogP contribution in [-0.4, -0.2) is 28.6 Å². The van der Waals surface area contributed by atoms with Gasteiger partial charge in [0.15, 0.2) is 17.5 Å². The Morgan fingerprint density at radius 1 is 1.03 bits per heavy atom. The summed E-state index contributed by atoms with van der Waals surface area (Å²) in [7, 11) is 1.76. The summed E-state index contributed by atoms with van der Waals surface area (Å²) in [6.07, 6.45) is 4.05. The van der Waals surface area contributed by atoms with Gasteiger partial charge in [0, 0.05) is 36.8 Å². The number of pyridine rings is 1. The van der Waals surface area contributed by atoms with Gasteiger partial charge in [0.25, 0.3) is 0 Å². The van der Waals surface area contributed by atoms with E-state index in [0.29, 0.717) is 52.4 Å². The predicted molar refractivity (Wildman–Crippen MR) is 123 cm³/mol. The van der Waals surface area contributed by atoms with Crippen molar-refractivity contribution in [2.75, 3.05) is 19.0 Å². The summed E-state index contributed by atoms with van der Waals surface area (Å²) in [6, 6.07) is 11.1. The van der Waals surface area contributed by atoms with Gasteiger partial charge in [-0.2, -0.15) is 0 Å². The van der Waals surface area contributed by atoms with Crippen LogP contribution in [0.2, 0.25) is 0 Å². The van der Waals surface area contributed by atoms with Gasteiger partial charge in [-0.05, 0) is 54.4 Å². The van der Waals surface area contributed by atoms with Crippen LogP contribution in [0.4, 0.5) is 14.6 Å². The minimum atomic E-state index is -0.913. The van der Waals surface area contributed by atoms with E-state index in [4.69, 9.17) is 9.72 Å². The van der Waals surface area contributed by atoms with E-state index in [-0.39, 0.29) is 0 Å². The number of ether oxygens (including phenoxy) is 1. The SMILES string of the molecule is C=C(C)CCOc1cc(-c2ccc(F)c(F)c2)cc2c(NC)nc(-c3cccnc3)nc12. The normalized spacial score (nSPS) is 10.9. The molecule has 32 heavy (non-hydrogen) atoms. The molecule has 2 aromatic heterocycles. The molecule has 0 radical (unpaired) electrons. The highest BCUT2D eigenvalue weighted by molar-refractivity contribution is 5.97. The maximum Gasteiger partial charge on any atom is 0.163 e. The van der Waals surface area contributed by atoms with Gasteiger partial charge in [0.1, 0.15) is 17.1 Å². The van der Waals surface area contributed by atoms with E-state index in [2.05, 4.69) is 21.9 Å². The molecule has 0 spiro atoms. The third-order valence-electron chi connectivity index (χ3n) is 4.96. The Balaban J connectivity index is 1.92. The molecule has 1 N–H and O–H groups in total. The van der Waals surface area contributed by atoms with Gasteiger partial charge in [0.2, 0.25) is 0 Å². The molecular formula is C25H22F2N4O. The lowest BCUT2D eigenvalue weighted by molar-refractivity contribution is 0.325. The van der Waals surface area contributed by atoms with Gasteiger partial charge in [-0.1, -0.05) is 11.6 Å². The highest BCUT2D eigenvalue weighted by Crippen LogP contribution is 2.36. The fraction of sp³-hybridized carbons (Fsp3) is 0.160. The molecule has 0 aliphatic carbocycles. The summed E-state index contributed by atoms with van der Waals surface area (Å²) >= 11 is 0. The van der Waals surface area contributed by atoms with E-state index < -0.39 is 11.6 Å². The number of nitrogens with one attached hydrogen (secondary N) is 1. The van der Waals surface area contributed by atoms with Crippen molar-refractivity contribution in [2.24, 2.45) is 0 Å². The molecule has 0 bridgehead atoms. The van der Waals surface area contributed by atoms with E-state index in [9.17, 15) is 8.78 Å². The van der Waals surface area contributed by atoms with Gasteiger partial charge in [-0.15, -0.1) is 6.58 Å². The Labute approximate surface area is 184 Å². The van der Waals surface area contributed by atoms with Crippen LogP contribution < -0.4 is 10.1 Å². The minimum Gasteiger partial charge on any atom is -0.491 e. The number of nitrogens with zero attached hydrogens (tertiary/aromatic N) is 3. The van der Waals surface area contributed by atoms with Crippen LogP contribution in [0.1, 0.15) is 13.3 Å². The van der Waals surface area contributed by atoms with Crippen molar-refractivity contribution in [1.82, 2.24) is 15.0 Å². The third kappa shape index (κ3) is 4.42. The van der Waals surface area contributed by atoms with E-state index in [1.165, 1.54) is 6.07 Å². The molecule has 0 unspecified atom stereocenters. The summed E-state index contributed by atoms with van der Waals surface area (Å²) < 4.78 is 33.4. The third-order valence-corrected chi connectivity index (χ3v) is 4.96. The standard InChI is InChI=1S/C25H22F2N4O/c1-15(2)8-10-32-22-13-18(16-6-7-20(26)21(27)12-16)11-19-23(22)30-24(31-25(19)28-3)17-5-4-9-29-14-17/h4-7,9,11-14H,1,8,10H2,2-3H3,(H,28,30,31). The zero-order valence-corrected chi connectivity index (χ0v) is 17.8. The first kappa shape index (κ1) is 21.4. The topological polar surface area (TPSA) is 59.9 Å². The summed E-state index contributed by atoms with van der Waals surface area (Å²) in [4.78, 5) is 13.5. The average molecular weight is 432 g/mol. The monoisotopic (exact) mass is 432 g/mol. The van der Waals surface area contributed by atoms with Crippen molar-refractivity contribution in [3.63, 3.8) is 0 Å². The molecule has 2 aromatic carbocycles. The minimum absolute atomic E-state index is 0.410. The molecule has 4 rings (SSSR count). The average Bonchev–Trinajstić information content (AvgIpc) is 2.80. The van der Waals surface area contributed by atoms with Crippen LogP contribution in [0.3, 0.4) is 0 Å². The van der Waals surface area contributed by atoms with E-state index >= 15 is 0 Å². The molecular weight excluding hydrogens is 410 g/mol. The first-order valence-corrected chi connectivity index (χ1v) is 10.1. The van der Waals surface area contributed by atoms with E-state index in [0.717, 1.165) is 23.3 Å². The van der Waals surface area contributed by atoms with Crippen molar-refractivity contribution in [2.45, 2.75) is 13.3 Å². The number of hydrogen-bond acceptors (Lipinski definition) is 5. The molecule has 0 aliphatic heterocycles. The first-order chi connectivity index (χ1) is 15.5. The fourth-order valence-corrected chi connectivity index (χ4v) is 3.30. The van der Waals surface area contributed by atoms with Gasteiger partial charge in [-0.3, -0.25) is 4.98 Å². The Bertz CT molecular complexity index is 1290. The van der Waals surface area contributed by atoms with Crippen molar-refractivity contribution in [3.05, 3.63) is 78.6 Å².